The molecule has 1 fully saturated rings. The highest BCUT2D eigenvalue weighted by molar-refractivity contribution is 6.04. The van der Waals surface area contributed by atoms with Crippen LogP contribution in [0.1, 0.15) is 28.4 Å². The van der Waals surface area contributed by atoms with Gasteiger partial charge in [-0.1, -0.05) is 6.07 Å². The van der Waals surface area contributed by atoms with Crippen molar-refractivity contribution in [2.45, 2.75) is 20.8 Å². The van der Waals surface area contributed by atoms with Crippen molar-refractivity contribution in [2.24, 2.45) is 0 Å². The highest BCUT2D eigenvalue weighted by Gasteiger charge is 2.22. The van der Waals surface area contributed by atoms with E-state index in [9.17, 15) is 9.59 Å². The van der Waals surface area contributed by atoms with E-state index in [0.717, 1.165) is 22.6 Å². The lowest BCUT2D eigenvalue weighted by Gasteiger charge is -2.34. The molecule has 0 unspecified atom stereocenters. The maximum Gasteiger partial charge on any atom is 0.409 e. The van der Waals surface area contributed by atoms with Gasteiger partial charge in [-0.05, 0) is 56.2 Å². The topological polar surface area (TPSA) is 74.8 Å². The summed E-state index contributed by atoms with van der Waals surface area (Å²) < 4.78 is 5.04. The first-order valence-corrected chi connectivity index (χ1v) is 9.48. The van der Waals surface area contributed by atoms with Crippen LogP contribution in [0.4, 0.5) is 16.3 Å². The zero-order valence-electron chi connectivity index (χ0n) is 16.6. The molecule has 1 N–H and O–H groups in total. The number of carbonyl (C=O) groups is 2. The largest absolute Gasteiger partial charge is 0.450 e. The molecule has 2 amide bonds. The summed E-state index contributed by atoms with van der Waals surface area (Å²) in [5, 5.41) is 2.92. The fourth-order valence-electron chi connectivity index (χ4n) is 3.29. The molecular formula is C21H26N4O3. The number of nitrogens with one attached hydrogen (secondary N) is 1. The van der Waals surface area contributed by atoms with E-state index in [4.69, 9.17) is 4.74 Å². The van der Waals surface area contributed by atoms with Crippen LogP contribution < -0.4 is 10.2 Å². The average Bonchev–Trinajstić information content (AvgIpc) is 2.67. The Balaban J connectivity index is 1.59. The Morgan fingerprint density at radius 2 is 1.75 bits per heavy atom. The molecule has 0 bridgehead atoms. The first-order valence-electron chi connectivity index (χ1n) is 9.48. The number of pyridine rings is 1. The standard InChI is InChI=1S/C21H26N4O3/c1-4-28-21(27)25-9-7-24(8-10-25)19-6-5-17(14-22-19)20(26)23-18-12-15(2)11-16(3)13-18/h5-6,11-14H,4,7-10H2,1-3H3,(H,23,26). The number of anilines is 2. The second-order valence-corrected chi connectivity index (χ2v) is 6.91. The molecule has 0 atom stereocenters. The number of rotatable bonds is 4. The average molecular weight is 382 g/mol. The van der Waals surface area contributed by atoms with Crippen molar-refractivity contribution in [1.29, 1.82) is 0 Å². The molecule has 1 aliphatic heterocycles. The fraction of sp³-hybridized carbons (Fsp3) is 0.381. The minimum Gasteiger partial charge on any atom is -0.450 e. The lowest BCUT2D eigenvalue weighted by atomic mass is 10.1. The van der Waals surface area contributed by atoms with Gasteiger partial charge in [0.25, 0.3) is 5.91 Å². The molecule has 1 aromatic heterocycles. The number of piperazine rings is 1. The van der Waals surface area contributed by atoms with Gasteiger partial charge in [0.2, 0.25) is 0 Å². The van der Waals surface area contributed by atoms with E-state index in [2.05, 4.69) is 21.3 Å². The Hall–Kier alpha value is -3.09. The van der Waals surface area contributed by atoms with Gasteiger partial charge in [-0.25, -0.2) is 9.78 Å². The number of ether oxygens (including phenoxy) is 1. The summed E-state index contributed by atoms with van der Waals surface area (Å²) in [5.41, 5.74) is 3.49. The Morgan fingerprint density at radius 3 is 2.32 bits per heavy atom. The highest BCUT2D eigenvalue weighted by Crippen LogP contribution is 2.17. The quantitative estimate of drug-likeness (QED) is 0.879. The van der Waals surface area contributed by atoms with Crippen molar-refractivity contribution in [1.82, 2.24) is 9.88 Å². The number of aromatic nitrogens is 1. The molecule has 2 heterocycles. The lowest BCUT2D eigenvalue weighted by molar-refractivity contribution is 0.102. The number of hydrogen-bond donors (Lipinski definition) is 1. The van der Waals surface area contributed by atoms with Crippen molar-refractivity contribution in [2.75, 3.05) is 43.0 Å². The second kappa shape index (κ2) is 8.73. The molecule has 148 valence electrons. The van der Waals surface area contributed by atoms with E-state index in [1.54, 1.807) is 24.1 Å². The van der Waals surface area contributed by atoms with Crippen LogP contribution in [0.15, 0.2) is 36.5 Å². The minimum absolute atomic E-state index is 0.184. The van der Waals surface area contributed by atoms with Crippen LogP contribution in [-0.2, 0) is 4.74 Å². The third-order valence-electron chi connectivity index (χ3n) is 4.62. The molecule has 1 aromatic carbocycles. The first kappa shape index (κ1) is 19.7. The molecule has 7 nitrogen and oxygen atoms in total. The number of carbonyl (C=O) groups excluding carboxylic acids is 2. The van der Waals surface area contributed by atoms with Gasteiger partial charge >= 0.3 is 6.09 Å². The van der Waals surface area contributed by atoms with Gasteiger partial charge in [-0.15, -0.1) is 0 Å². The Labute approximate surface area is 165 Å². The molecule has 1 saturated heterocycles. The Kier molecular flexibility index (Phi) is 6.13. The summed E-state index contributed by atoms with van der Waals surface area (Å²) in [7, 11) is 0. The number of nitrogens with zero attached hydrogens (tertiary/aromatic N) is 3. The van der Waals surface area contributed by atoms with Crippen LogP contribution in [0, 0.1) is 13.8 Å². The minimum atomic E-state index is -0.270. The highest BCUT2D eigenvalue weighted by atomic mass is 16.6. The molecule has 0 aliphatic carbocycles. The zero-order valence-corrected chi connectivity index (χ0v) is 16.6. The summed E-state index contributed by atoms with van der Waals surface area (Å²) >= 11 is 0. The van der Waals surface area contributed by atoms with Crippen molar-refractivity contribution in [3.63, 3.8) is 0 Å². The number of amides is 2. The molecule has 0 radical (unpaired) electrons. The SMILES string of the molecule is CCOC(=O)N1CCN(c2ccc(C(=O)Nc3cc(C)cc(C)c3)cn2)CC1. The number of benzene rings is 1. The van der Waals surface area contributed by atoms with Crippen LogP contribution in [0.5, 0.6) is 0 Å². The summed E-state index contributed by atoms with van der Waals surface area (Å²) in [6.07, 6.45) is 1.32. The molecule has 0 saturated carbocycles. The van der Waals surface area contributed by atoms with E-state index in [-0.39, 0.29) is 12.0 Å². The van der Waals surface area contributed by atoms with Crippen molar-refractivity contribution in [3.8, 4) is 0 Å². The van der Waals surface area contributed by atoms with Crippen molar-refractivity contribution >= 4 is 23.5 Å². The van der Waals surface area contributed by atoms with Crippen LogP contribution >= 0.6 is 0 Å². The molecule has 7 heteroatoms. The molecular weight excluding hydrogens is 356 g/mol. The maximum atomic E-state index is 12.5. The molecule has 2 aromatic rings. The van der Waals surface area contributed by atoms with Crippen LogP contribution in [0.2, 0.25) is 0 Å². The van der Waals surface area contributed by atoms with E-state index in [1.807, 2.05) is 32.0 Å². The zero-order chi connectivity index (χ0) is 20.1. The Bertz CT molecular complexity index is 823. The van der Waals surface area contributed by atoms with Gasteiger partial charge in [-0.3, -0.25) is 4.79 Å². The molecule has 28 heavy (non-hydrogen) atoms. The summed E-state index contributed by atoms with van der Waals surface area (Å²) in [6.45, 7) is 8.73. The maximum absolute atomic E-state index is 12.5. The fourth-order valence-corrected chi connectivity index (χ4v) is 3.29. The van der Waals surface area contributed by atoms with Crippen molar-refractivity contribution < 1.29 is 14.3 Å². The third-order valence-corrected chi connectivity index (χ3v) is 4.62. The smallest absolute Gasteiger partial charge is 0.409 e. The first-order chi connectivity index (χ1) is 13.5. The summed E-state index contributed by atoms with van der Waals surface area (Å²) in [5.74, 6) is 0.614. The van der Waals surface area contributed by atoms with Crippen molar-refractivity contribution in [3.05, 3.63) is 53.2 Å². The Morgan fingerprint density at radius 1 is 1.07 bits per heavy atom. The van der Waals surface area contributed by atoms with E-state index in [1.165, 1.54) is 0 Å². The van der Waals surface area contributed by atoms with Gasteiger partial charge in [0.15, 0.2) is 0 Å². The number of hydrogen-bond acceptors (Lipinski definition) is 5. The van der Waals surface area contributed by atoms with Gasteiger partial charge in [-0.2, -0.15) is 0 Å². The van der Waals surface area contributed by atoms with Gasteiger partial charge < -0.3 is 19.9 Å². The summed E-state index contributed by atoms with van der Waals surface area (Å²) in [6, 6.07) is 9.56. The summed E-state index contributed by atoms with van der Waals surface area (Å²) in [4.78, 5) is 32.5. The predicted octanol–water partition coefficient (Wildman–Crippen LogP) is 3.23. The van der Waals surface area contributed by atoms with Crippen LogP contribution in [0.25, 0.3) is 0 Å². The predicted molar refractivity (Wildman–Crippen MR) is 109 cm³/mol. The van der Waals surface area contributed by atoms with Crippen LogP contribution in [0.3, 0.4) is 0 Å². The van der Waals surface area contributed by atoms with E-state index in [0.29, 0.717) is 38.3 Å². The van der Waals surface area contributed by atoms with E-state index >= 15 is 0 Å². The van der Waals surface area contributed by atoms with Crippen LogP contribution in [-0.4, -0.2) is 54.7 Å². The van der Waals surface area contributed by atoms with Gasteiger partial charge in [0.1, 0.15) is 5.82 Å². The molecule has 1 aliphatic rings. The second-order valence-electron chi connectivity index (χ2n) is 6.91. The normalized spacial score (nSPS) is 14.0. The molecule has 0 spiro atoms. The van der Waals surface area contributed by atoms with E-state index < -0.39 is 0 Å². The van der Waals surface area contributed by atoms with Gasteiger partial charge in [0.05, 0.1) is 12.2 Å². The number of aryl methyl sites for hydroxylation is 2. The third kappa shape index (κ3) is 4.79. The molecule has 3 rings (SSSR count). The van der Waals surface area contributed by atoms with Gasteiger partial charge in [0, 0.05) is 38.1 Å². The lowest BCUT2D eigenvalue weighted by Crippen LogP contribution is -2.49. The monoisotopic (exact) mass is 382 g/mol.